The maximum atomic E-state index is 12.7. The molecule has 1 aromatic carbocycles. The molecule has 2 aliphatic heterocycles. The molecular formula is C24H27F3N6S2. The molecule has 3 aliphatic rings. The molecule has 3 aromatic rings. The van der Waals surface area contributed by atoms with Gasteiger partial charge in [0.2, 0.25) is 5.95 Å². The van der Waals surface area contributed by atoms with Gasteiger partial charge in [0.1, 0.15) is 10.8 Å². The Labute approximate surface area is 210 Å². The second-order valence-corrected chi connectivity index (χ2v) is 11.7. The SMILES string of the molecule is Cc1cc(N2C[C@H]3CC[C@@H](C2)[C@@H]3Nc2nc3n(n2)CCCC3c2ccc(SC(F)(F)F)cc2)sn1. The lowest BCUT2D eigenvalue weighted by Crippen LogP contribution is -2.48. The second-order valence-electron chi connectivity index (χ2n) is 9.81. The van der Waals surface area contributed by atoms with Crippen LogP contribution in [0.3, 0.4) is 0 Å². The van der Waals surface area contributed by atoms with Crippen molar-refractivity contribution in [3.05, 3.63) is 47.4 Å². The van der Waals surface area contributed by atoms with Crippen LogP contribution in [0.4, 0.5) is 24.1 Å². The first kappa shape index (κ1) is 23.1. The molecule has 0 spiro atoms. The first-order valence-electron chi connectivity index (χ1n) is 12.1. The van der Waals surface area contributed by atoms with E-state index in [2.05, 4.69) is 20.7 Å². The van der Waals surface area contributed by atoms with Crippen LogP contribution in [-0.2, 0) is 6.54 Å². The third-order valence-corrected chi connectivity index (χ3v) is 9.13. The van der Waals surface area contributed by atoms with Crippen LogP contribution in [0.2, 0.25) is 0 Å². The summed E-state index contributed by atoms with van der Waals surface area (Å²) in [5.74, 6) is 2.72. The van der Waals surface area contributed by atoms with Crippen LogP contribution < -0.4 is 10.2 Å². The number of hydrogen-bond acceptors (Lipinski definition) is 7. The van der Waals surface area contributed by atoms with E-state index in [9.17, 15) is 13.2 Å². The fourth-order valence-corrected chi connectivity index (χ4v) is 7.23. The Kier molecular flexibility index (Phi) is 5.95. The van der Waals surface area contributed by atoms with Gasteiger partial charge in [0, 0.05) is 36.5 Å². The smallest absolute Gasteiger partial charge is 0.361 e. The number of piperidine rings is 1. The molecule has 1 unspecified atom stereocenters. The predicted octanol–water partition coefficient (Wildman–Crippen LogP) is 5.91. The van der Waals surface area contributed by atoms with Gasteiger partial charge in [-0.3, -0.25) is 0 Å². The van der Waals surface area contributed by atoms with Crippen molar-refractivity contribution in [3.63, 3.8) is 0 Å². The number of benzene rings is 1. The molecule has 0 amide bonds. The number of alkyl halides is 3. The monoisotopic (exact) mass is 520 g/mol. The molecule has 1 aliphatic carbocycles. The van der Waals surface area contributed by atoms with E-state index in [0.29, 0.717) is 23.8 Å². The lowest BCUT2D eigenvalue weighted by Gasteiger charge is -2.38. The van der Waals surface area contributed by atoms with E-state index in [1.165, 1.54) is 17.8 Å². The van der Waals surface area contributed by atoms with E-state index in [0.717, 1.165) is 49.6 Å². The zero-order valence-corrected chi connectivity index (χ0v) is 21.0. The zero-order valence-electron chi connectivity index (χ0n) is 19.3. The Bertz CT molecular complexity index is 1180. The van der Waals surface area contributed by atoms with Gasteiger partial charge in [-0.05, 0) is 91.5 Å². The van der Waals surface area contributed by atoms with Gasteiger partial charge >= 0.3 is 5.51 Å². The number of nitrogens with zero attached hydrogens (tertiary/aromatic N) is 5. The molecule has 0 radical (unpaired) electrons. The van der Waals surface area contributed by atoms with E-state index in [-0.39, 0.29) is 22.6 Å². The van der Waals surface area contributed by atoms with Gasteiger partial charge in [0.15, 0.2) is 0 Å². The van der Waals surface area contributed by atoms with Gasteiger partial charge in [0.05, 0.1) is 5.69 Å². The summed E-state index contributed by atoms with van der Waals surface area (Å²) in [6, 6.07) is 9.25. The molecule has 2 bridgehead atoms. The van der Waals surface area contributed by atoms with Crippen LogP contribution >= 0.6 is 23.3 Å². The fraction of sp³-hybridized carbons (Fsp3) is 0.542. The lowest BCUT2D eigenvalue weighted by atomic mass is 9.91. The Morgan fingerprint density at radius 3 is 2.49 bits per heavy atom. The zero-order chi connectivity index (χ0) is 24.2. The Hall–Kier alpha value is -2.27. The summed E-state index contributed by atoms with van der Waals surface area (Å²) in [5, 5.41) is 9.72. The minimum absolute atomic E-state index is 0.0462. The normalized spacial score (nSPS) is 26.1. The molecule has 186 valence electrons. The van der Waals surface area contributed by atoms with Crippen LogP contribution in [0.25, 0.3) is 0 Å². The maximum absolute atomic E-state index is 12.7. The van der Waals surface area contributed by atoms with Gasteiger partial charge < -0.3 is 10.2 Å². The number of anilines is 2. The average Bonchev–Trinajstić information content (AvgIpc) is 3.48. The van der Waals surface area contributed by atoms with Gasteiger partial charge in [-0.1, -0.05) is 12.1 Å². The van der Waals surface area contributed by atoms with E-state index in [1.807, 2.05) is 11.6 Å². The van der Waals surface area contributed by atoms with E-state index >= 15 is 0 Å². The van der Waals surface area contributed by atoms with Gasteiger partial charge in [0.25, 0.3) is 0 Å². The van der Waals surface area contributed by atoms with E-state index in [1.54, 1.807) is 35.8 Å². The van der Waals surface area contributed by atoms with Gasteiger partial charge in [-0.15, -0.1) is 5.10 Å². The molecule has 4 heterocycles. The van der Waals surface area contributed by atoms with Crippen molar-refractivity contribution in [3.8, 4) is 0 Å². The minimum Gasteiger partial charge on any atom is -0.361 e. The molecule has 11 heteroatoms. The van der Waals surface area contributed by atoms with Crippen molar-refractivity contribution in [1.82, 2.24) is 19.1 Å². The molecule has 4 atom stereocenters. The van der Waals surface area contributed by atoms with Crippen molar-refractivity contribution < 1.29 is 13.2 Å². The quantitative estimate of drug-likeness (QED) is 0.422. The molecular weight excluding hydrogens is 493 g/mol. The molecule has 2 aromatic heterocycles. The number of aryl methyl sites for hydroxylation is 2. The Morgan fingerprint density at radius 2 is 1.83 bits per heavy atom. The third kappa shape index (κ3) is 4.76. The highest BCUT2D eigenvalue weighted by Gasteiger charge is 2.43. The average molecular weight is 521 g/mol. The number of fused-ring (bicyclic) bond motifs is 3. The first-order chi connectivity index (χ1) is 16.8. The van der Waals surface area contributed by atoms with Crippen molar-refractivity contribution in [2.45, 2.75) is 61.5 Å². The molecule has 2 fully saturated rings. The number of nitrogens with one attached hydrogen (secondary N) is 1. The summed E-state index contributed by atoms with van der Waals surface area (Å²) >= 11 is 1.51. The van der Waals surface area contributed by atoms with Crippen molar-refractivity contribution >= 4 is 34.2 Å². The number of aromatic nitrogens is 4. The predicted molar refractivity (Wildman–Crippen MR) is 132 cm³/mol. The minimum atomic E-state index is -4.28. The summed E-state index contributed by atoms with van der Waals surface area (Å²) in [5.41, 5.74) is -2.21. The summed E-state index contributed by atoms with van der Waals surface area (Å²) < 4.78 is 44.5. The van der Waals surface area contributed by atoms with Crippen molar-refractivity contribution in [1.29, 1.82) is 0 Å². The van der Waals surface area contributed by atoms with Crippen LogP contribution in [0, 0.1) is 18.8 Å². The summed E-state index contributed by atoms with van der Waals surface area (Å²) in [6.07, 6.45) is 4.30. The number of hydrogen-bond donors (Lipinski definition) is 1. The van der Waals surface area contributed by atoms with Crippen LogP contribution in [0.5, 0.6) is 0 Å². The van der Waals surface area contributed by atoms with Gasteiger partial charge in [-0.25, -0.2) is 4.68 Å². The molecule has 6 rings (SSSR count). The highest BCUT2D eigenvalue weighted by atomic mass is 32.2. The highest BCUT2D eigenvalue weighted by molar-refractivity contribution is 8.00. The molecule has 6 nitrogen and oxygen atoms in total. The van der Waals surface area contributed by atoms with Crippen molar-refractivity contribution in [2.24, 2.45) is 11.8 Å². The van der Waals surface area contributed by atoms with Crippen LogP contribution in [-0.4, -0.2) is 43.8 Å². The number of thioether (sulfide) groups is 1. The summed E-state index contributed by atoms with van der Waals surface area (Å²) in [6.45, 7) is 4.90. The number of halogens is 3. The standard InChI is InChI=1S/C24H27F3N6S2/c1-14-11-20(35-31-14)32-12-16-4-5-17(13-32)21(16)28-23-29-22-19(3-2-10-33(22)30-23)15-6-8-18(9-7-15)34-24(25,26)27/h6-9,11,16-17,19,21H,2-5,10,12-13H2,1H3,(H,28,30)/t16-,17+,19?,21-. The maximum Gasteiger partial charge on any atom is 0.446 e. The molecule has 1 saturated heterocycles. The highest BCUT2D eigenvalue weighted by Crippen LogP contribution is 2.42. The van der Waals surface area contributed by atoms with Crippen LogP contribution in [0.1, 0.15) is 48.7 Å². The second kappa shape index (κ2) is 8.99. The van der Waals surface area contributed by atoms with Crippen molar-refractivity contribution in [2.75, 3.05) is 23.3 Å². The molecule has 1 saturated carbocycles. The number of rotatable bonds is 5. The summed E-state index contributed by atoms with van der Waals surface area (Å²) in [7, 11) is 0. The lowest BCUT2D eigenvalue weighted by molar-refractivity contribution is -0.0328. The largest absolute Gasteiger partial charge is 0.446 e. The molecule has 1 N–H and O–H groups in total. The topological polar surface area (TPSA) is 58.9 Å². The molecule has 35 heavy (non-hydrogen) atoms. The summed E-state index contributed by atoms with van der Waals surface area (Å²) in [4.78, 5) is 7.58. The first-order valence-corrected chi connectivity index (χ1v) is 13.7. The van der Waals surface area contributed by atoms with E-state index < -0.39 is 5.51 Å². The Morgan fingerprint density at radius 1 is 1.09 bits per heavy atom. The fourth-order valence-electron chi connectivity index (χ4n) is 5.92. The van der Waals surface area contributed by atoms with Crippen LogP contribution in [0.15, 0.2) is 35.2 Å². The van der Waals surface area contributed by atoms with Gasteiger partial charge in [-0.2, -0.15) is 22.5 Å². The van der Waals surface area contributed by atoms with E-state index in [4.69, 9.17) is 10.1 Å². The Balaban J connectivity index is 1.17. The third-order valence-electron chi connectivity index (χ3n) is 7.45.